The lowest BCUT2D eigenvalue weighted by molar-refractivity contribution is 0.0809. The Bertz CT molecular complexity index is 187. The van der Waals surface area contributed by atoms with Crippen molar-refractivity contribution in [2.45, 2.75) is 71.4 Å². The molecule has 0 radical (unpaired) electrons. The molecule has 0 bridgehead atoms. The highest BCUT2D eigenvalue weighted by Crippen LogP contribution is 2.24. The molecule has 96 valence electrons. The van der Waals surface area contributed by atoms with Crippen LogP contribution in [0, 0.1) is 0 Å². The fraction of sp³-hybridized carbons (Fsp3) is 1.00. The maximum atomic E-state index is 3.65. The van der Waals surface area contributed by atoms with Crippen LogP contribution < -0.4 is 5.32 Å². The Hall–Kier alpha value is -0.0800. The van der Waals surface area contributed by atoms with Crippen molar-refractivity contribution in [3.05, 3.63) is 0 Å². The Balaban J connectivity index is 2.58. The first-order chi connectivity index (χ1) is 7.66. The lowest BCUT2D eigenvalue weighted by atomic mass is 9.91. The van der Waals surface area contributed by atoms with Crippen molar-refractivity contribution in [2.75, 3.05) is 19.6 Å². The molecule has 1 aliphatic heterocycles. The van der Waals surface area contributed by atoms with E-state index in [1.165, 1.54) is 51.7 Å². The van der Waals surface area contributed by atoms with Gasteiger partial charge < -0.3 is 5.32 Å². The maximum absolute atomic E-state index is 3.65. The van der Waals surface area contributed by atoms with Crippen LogP contribution in [0.1, 0.15) is 59.8 Å². The molecule has 0 aromatic rings. The highest BCUT2D eigenvalue weighted by atomic mass is 15.2. The molecule has 0 aliphatic carbocycles. The van der Waals surface area contributed by atoms with E-state index in [1.807, 2.05) is 0 Å². The predicted octanol–water partition coefficient (Wildman–Crippen LogP) is 3.03. The second-order valence-corrected chi connectivity index (χ2v) is 5.39. The average Bonchev–Trinajstić information content (AvgIpc) is 2.28. The number of nitrogens with zero attached hydrogens (tertiary/aromatic N) is 1. The van der Waals surface area contributed by atoms with Crippen molar-refractivity contribution < 1.29 is 0 Å². The van der Waals surface area contributed by atoms with Crippen LogP contribution >= 0.6 is 0 Å². The van der Waals surface area contributed by atoms with E-state index >= 15 is 0 Å². The average molecular weight is 226 g/mol. The van der Waals surface area contributed by atoms with Crippen LogP contribution in [0.3, 0.4) is 0 Å². The maximum Gasteiger partial charge on any atom is 0.0176 e. The second-order valence-electron chi connectivity index (χ2n) is 5.39. The van der Waals surface area contributed by atoms with Crippen LogP contribution in [0.2, 0.25) is 0 Å². The Labute approximate surface area is 102 Å². The third kappa shape index (κ3) is 3.46. The summed E-state index contributed by atoms with van der Waals surface area (Å²) in [5.74, 6) is 0. The monoisotopic (exact) mass is 226 g/mol. The first kappa shape index (κ1) is 14.0. The summed E-state index contributed by atoms with van der Waals surface area (Å²) in [5, 5.41) is 3.65. The van der Waals surface area contributed by atoms with Crippen molar-refractivity contribution in [3.63, 3.8) is 0 Å². The minimum atomic E-state index is 0.426. The van der Waals surface area contributed by atoms with E-state index in [1.54, 1.807) is 0 Å². The molecule has 0 aromatic carbocycles. The highest BCUT2D eigenvalue weighted by Gasteiger charge is 2.28. The summed E-state index contributed by atoms with van der Waals surface area (Å²) in [6.07, 6.45) is 6.42. The van der Waals surface area contributed by atoms with Crippen LogP contribution in [0.5, 0.6) is 0 Å². The van der Waals surface area contributed by atoms with Crippen molar-refractivity contribution in [1.82, 2.24) is 10.2 Å². The predicted molar refractivity (Wildman–Crippen MR) is 71.9 cm³/mol. The molecule has 1 fully saturated rings. The van der Waals surface area contributed by atoms with E-state index in [0.717, 1.165) is 6.04 Å². The van der Waals surface area contributed by atoms with Gasteiger partial charge in [-0.2, -0.15) is 0 Å². The SMILES string of the molecule is CCC1CCN(C(C)(CC)CC)CCCN1. The summed E-state index contributed by atoms with van der Waals surface area (Å²) in [7, 11) is 0. The molecular formula is C14H30N2. The normalized spacial score (nSPS) is 25.1. The number of hydrogen-bond acceptors (Lipinski definition) is 2. The molecule has 1 N–H and O–H groups in total. The van der Waals surface area contributed by atoms with Gasteiger partial charge in [0.05, 0.1) is 0 Å². The summed E-state index contributed by atoms with van der Waals surface area (Å²) in [6, 6.07) is 0.737. The molecule has 0 saturated carbocycles. The third-order valence-electron chi connectivity index (χ3n) is 4.56. The topological polar surface area (TPSA) is 15.3 Å². The Morgan fingerprint density at radius 1 is 1.19 bits per heavy atom. The first-order valence-corrected chi connectivity index (χ1v) is 7.14. The van der Waals surface area contributed by atoms with Crippen LogP contribution in [-0.2, 0) is 0 Å². The van der Waals surface area contributed by atoms with E-state index in [-0.39, 0.29) is 0 Å². The van der Waals surface area contributed by atoms with Gasteiger partial charge in [0, 0.05) is 18.1 Å². The highest BCUT2D eigenvalue weighted by molar-refractivity contribution is 4.86. The molecule has 16 heavy (non-hydrogen) atoms. The summed E-state index contributed by atoms with van der Waals surface area (Å²) in [6.45, 7) is 13.1. The molecule has 1 unspecified atom stereocenters. The largest absolute Gasteiger partial charge is 0.314 e. The molecular weight excluding hydrogens is 196 g/mol. The van der Waals surface area contributed by atoms with Crippen molar-refractivity contribution in [3.8, 4) is 0 Å². The number of rotatable bonds is 4. The standard InChI is InChI=1S/C14H30N2/c1-5-13-9-12-16(11-8-10-15-13)14(4,6-2)7-3/h13,15H,5-12H2,1-4H3. The Morgan fingerprint density at radius 2 is 1.88 bits per heavy atom. The Morgan fingerprint density at radius 3 is 2.44 bits per heavy atom. The summed E-state index contributed by atoms with van der Waals surface area (Å²) in [4.78, 5) is 2.73. The van der Waals surface area contributed by atoms with E-state index in [0.29, 0.717) is 5.54 Å². The molecule has 2 heteroatoms. The van der Waals surface area contributed by atoms with Crippen molar-refractivity contribution in [1.29, 1.82) is 0 Å². The smallest absolute Gasteiger partial charge is 0.0176 e. The zero-order valence-corrected chi connectivity index (χ0v) is 11.7. The zero-order valence-electron chi connectivity index (χ0n) is 11.7. The van der Waals surface area contributed by atoms with E-state index < -0.39 is 0 Å². The molecule has 1 atom stereocenters. The van der Waals surface area contributed by atoms with Crippen LogP contribution in [0.4, 0.5) is 0 Å². The van der Waals surface area contributed by atoms with Gasteiger partial charge in [-0.05, 0) is 52.1 Å². The number of nitrogens with one attached hydrogen (secondary N) is 1. The molecule has 1 rings (SSSR count). The summed E-state index contributed by atoms with van der Waals surface area (Å²) < 4.78 is 0. The second kappa shape index (κ2) is 6.61. The number of hydrogen-bond donors (Lipinski definition) is 1. The van der Waals surface area contributed by atoms with E-state index in [2.05, 4.69) is 37.9 Å². The first-order valence-electron chi connectivity index (χ1n) is 7.14. The molecule has 0 aromatic heterocycles. The minimum Gasteiger partial charge on any atom is -0.314 e. The van der Waals surface area contributed by atoms with Crippen molar-refractivity contribution in [2.24, 2.45) is 0 Å². The van der Waals surface area contributed by atoms with Gasteiger partial charge in [-0.3, -0.25) is 4.90 Å². The van der Waals surface area contributed by atoms with Crippen LogP contribution in [-0.4, -0.2) is 36.1 Å². The molecule has 0 amide bonds. The fourth-order valence-corrected chi connectivity index (χ4v) is 2.69. The van der Waals surface area contributed by atoms with Gasteiger partial charge >= 0.3 is 0 Å². The van der Waals surface area contributed by atoms with E-state index in [4.69, 9.17) is 0 Å². The fourth-order valence-electron chi connectivity index (χ4n) is 2.69. The van der Waals surface area contributed by atoms with Crippen LogP contribution in [0.25, 0.3) is 0 Å². The summed E-state index contributed by atoms with van der Waals surface area (Å²) >= 11 is 0. The molecule has 2 nitrogen and oxygen atoms in total. The lowest BCUT2D eigenvalue weighted by Crippen LogP contribution is -2.50. The zero-order chi connectivity index (χ0) is 12.0. The minimum absolute atomic E-state index is 0.426. The van der Waals surface area contributed by atoms with Gasteiger partial charge in [0.1, 0.15) is 0 Å². The Kier molecular flexibility index (Phi) is 5.77. The molecule has 1 aliphatic rings. The van der Waals surface area contributed by atoms with Gasteiger partial charge in [-0.25, -0.2) is 0 Å². The molecule has 1 saturated heterocycles. The van der Waals surface area contributed by atoms with Gasteiger partial charge in [0.25, 0.3) is 0 Å². The molecule has 0 spiro atoms. The third-order valence-corrected chi connectivity index (χ3v) is 4.56. The summed E-state index contributed by atoms with van der Waals surface area (Å²) in [5.41, 5.74) is 0.426. The van der Waals surface area contributed by atoms with Gasteiger partial charge in [-0.1, -0.05) is 20.8 Å². The van der Waals surface area contributed by atoms with Gasteiger partial charge in [-0.15, -0.1) is 0 Å². The van der Waals surface area contributed by atoms with Crippen molar-refractivity contribution >= 4 is 0 Å². The molecule has 1 heterocycles. The van der Waals surface area contributed by atoms with Gasteiger partial charge in [0.2, 0.25) is 0 Å². The van der Waals surface area contributed by atoms with E-state index in [9.17, 15) is 0 Å². The lowest BCUT2D eigenvalue weighted by Gasteiger charge is -2.42. The van der Waals surface area contributed by atoms with Crippen LogP contribution in [0.15, 0.2) is 0 Å². The quantitative estimate of drug-likeness (QED) is 0.792. The van der Waals surface area contributed by atoms with Gasteiger partial charge in [0.15, 0.2) is 0 Å².